The Balaban J connectivity index is 0.898. The molecule has 20 heteroatoms. The summed E-state index contributed by atoms with van der Waals surface area (Å²) in [7, 11) is 2.00. The summed E-state index contributed by atoms with van der Waals surface area (Å²) in [6.45, 7) is 10.2. The van der Waals surface area contributed by atoms with E-state index in [1.165, 1.54) is 4.90 Å². The van der Waals surface area contributed by atoms with E-state index in [0.717, 1.165) is 34.8 Å². The van der Waals surface area contributed by atoms with Crippen LogP contribution in [0.15, 0.2) is 72.2 Å². The number of hydrogen-bond donors (Lipinski definition) is 6. The molecule has 0 radical (unpaired) electrons. The zero-order valence-electron chi connectivity index (χ0n) is 41.2. The van der Waals surface area contributed by atoms with Crippen molar-refractivity contribution in [3.8, 4) is 21.6 Å². The highest BCUT2D eigenvalue weighted by Gasteiger charge is 2.50. The first-order valence-corrected chi connectivity index (χ1v) is 25.2. The van der Waals surface area contributed by atoms with Crippen molar-refractivity contribution in [1.29, 1.82) is 0 Å². The first kappa shape index (κ1) is 53.4. The van der Waals surface area contributed by atoms with Crippen molar-refractivity contribution < 1.29 is 47.0 Å². The average Bonchev–Trinajstić information content (AvgIpc) is 3.96. The number of aryl methyl sites for hydroxylation is 1. The number of aliphatic hydroxyl groups is 1. The fourth-order valence-electron chi connectivity index (χ4n) is 9.31. The van der Waals surface area contributed by atoms with Crippen LogP contribution in [0.4, 0.5) is 24.5 Å². The van der Waals surface area contributed by atoms with Crippen molar-refractivity contribution in [2.45, 2.75) is 90.7 Å². The number of unbranched alkanes of at least 4 members (excludes halogenated alkanes) is 1. The Bertz CT molecular complexity index is 2600. The molecule has 2 unspecified atom stereocenters. The van der Waals surface area contributed by atoms with Crippen LogP contribution in [0.25, 0.3) is 21.6 Å². The van der Waals surface area contributed by atoms with Gasteiger partial charge >= 0.3 is 6.18 Å². The van der Waals surface area contributed by atoms with Gasteiger partial charge in [-0.1, -0.05) is 63.2 Å². The van der Waals surface area contributed by atoms with Crippen LogP contribution in [0.2, 0.25) is 0 Å². The minimum absolute atomic E-state index is 0.0447. The molecule has 0 spiro atoms. The molecule has 6 amide bonds. The lowest BCUT2D eigenvalue weighted by atomic mass is 9.84. The zero-order valence-corrected chi connectivity index (χ0v) is 42.1. The van der Waals surface area contributed by atoms with Crippen molar-refractivity contribution in [2.24, 2.45) is 17.3 Å². The Kier molecular flexibility index (Phi) is 17.1. The Labute approximate surface area is 421 Å². The first-order chi connectivity index (χ1) is 34.2. The minimum Gasteiger partial charge on any atom is -0.391 e. The van der Waals surface area contributed by atoms with Gasteiger partial charge in [-0.05, 0) is 78.7 Å². The number of thiazole rings is 1. The van der Waals surface area contributed by atoms with E-state index in [0.29, 0.717) is 54.0 Å². The number of hydrogen-bond acceptors (Lipinski definition) is 11. The molecule has 0 aliphatic carbocycles. The average molecular weight is 1020 g/mol. The smallest absolute Gasteiger partial charge is 0.391 e. The minimum atomic E-state index is -4.74. The maximum atomic E-state index is 14.1. The topological polar surface area (TPSA) is 205 Å². The molecule has 3 aliphatic heterocycles. The van der Waals surface area contributed by atoms with Gasteiger partial charge < -0.3 is 46.4 Å². The number of aromatic nitrogens is 1. The van der Waals surface area contributed by atoms with Crippen molar-refractivity contribution in [3.05, 3.63) is 89.1 Å². The van der Waals surface area contributed by atoms with Gasteiger partial charge in [0.1, 0.15) is 12.1 Å². The number of piperidine rings is 1. The number of β-amino-alcohol motifs (C(OH)–C–C–N with tert-alkyl or cyclic N) is 1. The molecule has 0 saturated carbocycles. The lowest BCUT2D eigenvalue weighted by molar-refractivity contribution is -0.197. The van der Waals surface area contributed by atoms with Crippen LogP contribution in [-0.2, 0) is 30.5 Å². The summed E-state index contributed by atoms with van der Waals surface area (Å²) < 4.78 is 42.0. The van der Waals surface area contributed by atoms with Gasteiger partial charge in [0.05, 0.1) is 45.4 Å². The highest BCUT2D eigenvalue weighted by atomic mass is 32.1. The predicted molar refractivity (Wildman–Crippen MR) is 269 cm³/mol. The number of carbonyl (C=O) groups excluding carboxylic acids is 6. The Morgan fingerprint density at radius 3 is 2.22 bits per heavy atom. The van der Waals surface area contributed by atoms with Crippen LogP contribution in [0.3, 0.4) is 0 Å². The summed E-state index contributed by atoms with van der Waals surface area (Å²) in [4.78, 5) is 90.4. The maximum Gasteiger partial charge on any atom is 0.393 e. The highest BCUT2D eigenvalue weighted by Crippen LogP contribution is 2.39. The third-order valence-corrected chi connectivity index (χ3v) is 14.6. The highest BCUT2D eigenvalue weighted by molar-refractivity contribution is 7.13. The van der Waals surface area contributed by atoms with Crippen LogP contribution >= 0.6 is 11.3 Å². The molecule has 3 fully saturated rings. The predicted octanol–water partition coefficient (Wildman–Crippen LogP) is 5.50. The number of aliphatic hydroxyl groups excluding tert-OH is 1. The van der Waals surface area contributed by atoms with Gasteiger partial charge in [0.2, 0.25) is 29.5 Å². The van der Waals surface area contributed by atoms with Crippen LogP contribution < -0.4 is 31.5 Å². The summed E-state index contributed by atoms with van der Waals surface area (Å²) in [5.41, 5.74) is 6.65. The third kappa shape index (κ3) is 13.4. The van der Waals surface area contributed by atoms with Gasteiger partial charge in [-0.2, -0.15) is 13.2 Å². The zero-order chi connectivity index (χ0) is 51.9. The second kappa shape index (κ2) is 23.0. The van der Waals surface area contributed by atoms with E-state index in [4.69, 9.17) is 0 Å². The SMILES string of the molecule is Cc1ncsc1-c1ccc(CNC(=O)[C@@H]2C[C@@H](O)CN2C(=O)[C@@H](NC(=O)CCCCNC(=O)c2ccc(-c3ccc(N4CCN(C)CC4)c(NC(=O)C4CNC(=O)CC4C(F)(F)F)c3)cc2)C(C)(C)C)cc1. The Hall–Kier alpha value is -6.38. The van der Waals surface area contributed by atoms with E-state index < -0.39 is 78.2 Å². The molecule has 5 atom stereocenters. The molecule has 4 aromatic rings. The maximum absolute atomic E-state index is 14.1. The fraction of sp³-hybridized carbons (Fsp3) is 0.481. The molecular formula is C52H64F3N9O7S. The standard InChI is InChI=1S/C52H64F3N9O7S/c1-31-45(72-30-59-31)34-11-9-32(10-12-34)27-58-49(70)42-25-37(65)29-64(42)50(71)46(51(2,3)4)61-43(66)8-6-7-19-56-47(68)35-15-13-33(14-16-35)36-17-18-41(63-22-20-62(5)21-23-63)40(24-36)60-48(69)38-28-57-44(67)26-39(38)52(53,54)55/h9-18,24,30,37-39,42,46,65H,6-8,19-23,25-29H2,1-5H3,(H,56,68)(H,57,67)(H,58,70)(H,60,69)(H,61,66)/t37-,38?,39?,42+,46-/m1/s1. The van der Waals surface area contributed by atoms with Crippen LogP contribution in [0.1, 0.15) is 74.5 Å². The van der Waals surface area contributed by atoms with Gasteiger partial charge in [0.15, 0.2) is 0 Å². The normalized spacial score (nSPS) is 20.1. The van der Waals surface area contributed by atoms with Gasteiger partial charge in [-0.25, -0.2) is 4.98 Å². The number of rotatable bonds is 16. The summed E-state index contributed by atoms with van der Waals surface area (Å²) in [5, 5.41) is 24.4. The molecule has 1 aromatic heterocycles. The summed E-state index contributed by atoms with van der Waals surface area (Å²) >= 11 is 1.55. The van der Waals surface area contributed by atoms with Crippen LogP contribution in [-0.4, -0.2) is 133 Å². The molecule has 3 saturated heterocycles. The fourth-order valence-corrected chi connectivity index (χ4v) is 10.1. The first-order valence-electron chi connectivity index (χ1n) is 24.3. The molecule has 386 valence electrons. The van der Waals surface area contributed by atoms with E-state index in [1.54, 1.807) is 47.2 Å². The number of likely N-dealkylation sites (tertiary alicyclic amines) is 1. The molecule has 72 heavy (non-hydrogen) atoms. The summed E-state index contributed by atoms with van der Waals surface area (Å²) in [6.07, 6.45) is -5.45. The van der Waals surface area contributed by atoms with Gasteiger partial charge in [0.25, 0.3) is 5.91 Å². The van der Waals surface area contributed by atoms with E-state index in [9.17, 15) is 47.0 Å². The largest absolute Gasteiger partial charge is 0.393 e. The van der Waals surface area contributed by atoms with E-state index in [2.05, 4.69) is 41.4 Å². The van der Waals surface area contributed by atoms with E-state index in [-0.39, 0.29) is 44.3 Å². The second-order valence-corrected chi connectivity index (χ2v) is 20.9. The molecule has 3 aliphatic rings. The third-order valence-electron chi connectivity index (χ3n) is 13.6. The van der Waals surface area contributed by atoms with Crippen molar-refractivity contribution >= 4 is 58.2 Å². The molecule has 6 N–H and O–H groups in total. The van der Waals surface area contributed by atoms with Crippen LogP contribution in [0.5, 0.6) is 0 Å². The summed E-state index contributed by atoms with van der Waals surface area (Å²) in [5.74, 6) is -6.77. The Morgan fingerprint density at radius 2 is 1.57 bits per heavy atom. The molecule has 3 aromatic carbocycles. The number of nitrogens with zero attached hydrogens (tertiary/aromatic N) is 4. The number of piperazine rings is 1. The van der Waals surface area contributed by atoms with Crippen molar-refractivity contribution in [1.82, 2.24) is 36.1 Å². The lowest BCUT2D eigenvalue weighted by Gasteiger charge is -2.36. The van der Waals surface area contributed by atoms with Gasteiger partial charge in [0, 0.05) is 77.2 Å². The number of halogens is 3. The number of carbonyl (C=O) groups is 6. The lowest BCUT2D eigenvalue weighted by Crippen LogP contribution is -2.57. The number of anilines is 2. The molecule has 7 rings (SSSR count). The van der Waals surface area contributed by atoms with Crippen molar-refractivity contribution in [3.63, 3.8) is 0 Å². The molecular weight excluding hydrogens is 952 g/mol. The number of alkyl halides is 3. The van der Waals surface area contributed by atoms with Crippen molar-refractivity contribution in [2.75, 3.05) is 63.1 Å². The molecule has 0 bridgehead atoms. The van der Waals surface area contributed by atoms with Gasteiger partial charge in [-0.15, -0.1) is 11.3 Å². The van der Waals surface area contributed by atoms with E-state index in [1.807, 2.05) is 71.1 Å². The molecule has 4 heterocycles. The van der Waals surface area contributed by atoms with Gasteiger partial charge in [-0.3, -0.25) is 28.8 Å². The van der Waals surface area contributed by atoms with E-state index >= 15 is 0 Å². The quantitative estimate of drug-likeness (QED) is 0.0778. The number of benzene rings is 3. The second-order valence-electron chi connectivity index (χ2n) is 20.0. The monoisotopic (exact) mass is 1020 g/mol. The number of likely N-dealkylation sites (N-methyl/N-ethyl adjacent to an activating group) is 1. The number of nitrogens with one attached hydrogen (secondary N) is 5. The number of amides is 6. The van der Waals surface area contributed by atoms with Crippen LogP contribution in [0, 0.1) is 24.2 Å². The molecule has 16 nitrogen and oxygen atoms in total. The summed E-state index contributed by atoms with van der Waals surface area (Å²) in [6, 6.07) is 18.1. The Morgan fingerprint density at radius 1 is 0.889 bits per heavy atom.